The molecule has 0 amide bonds. The minimum absolute atomic E-state index is 0.165. The van der Waals surface area contributed by atoms with E-state index in [4.69, 9.17) is 14.2 Å². The lowest BCUT2D eigenvalue weighted by Gasteiger charge is -2.44. The lowest BCUT2D eigenvalue weighted by atomic mass is 9.74. The van der Waals surface area contributed by atoms with Crippen molar-refractivity contribution in [1.29, 1.82) is 0 Å². The first-order valence-corrected chi connectivity index (χ1v) is 9.95. The molecule has 0 bridgehead atoms. The maximum absolute atomic E-state index is 13.2. The summed E-state index contributed by atoms with van der Waals surface area (Å²) in [6, 6.07) is 12.1. The lowest BCUT2D eigenvalue weighted by Crippen LogP contribution is -2.43. The minimum Gasteiger partial charge on any atom is -0.493 e. The Kier molecular flexibility index (Phi) is 5.44. The van der Waals surface area contributed by atoms with Gasteiger partial charge in [0, 0.05) is 12.1 Å². The van der Waals surface area contributed by atoms with Gasteiger partial charge >= 0.3 is 0 Å². The highest BCUT2D eigenvalue weighted by Gasteiger charge is 2.40. The first-order chi connectivity index (χ1) is 13.6. The summed E-state index contributed by atoms with van der Waals surface area (Å²) < 4.78 is 29.7. The average Bonchev–Trinajstić information content (AvgIpc) is 3.16. The number of ether oxygens (including phenoxy) is 3. The van der Waals surface area contributed by atoms with E-state index in [1.165, 1.54) is 17.5 Å². The van der Waals surface area contributed by atoms with E-state index in [0.717, 1.165) is 25.8 Å². The van der Waals surface area contributed by atoms with Crippen LogP contribution in [-0.4, -0.2) is 38.8 Å². The minimum atomic E-state index is -0.165. The molecule has 2 aromatic carbocycles. The molecule has 4 rings (SSSR count). The number of nitrogens with zero attached hydrogens (tertiary/aromatic N) is 1. The van der Waals surface area contributed by atoms with Gasteiger partial charge in [-0.2, -0.15) is 0 Å². The molecule has 5 heteroatoms. The molecule has 1 saturated carbocycles. The molecule has 28 heavy (non-hydrogen) atoms. The summed E-state index contributed by atoms with van der Waals surface area (Å²) in [5.41, 5.74) is 2.47. The second-order valence-electron chi connectivity index (χ2n) is 7.73. The second kappa shape index (κ2) is 8.00. The molecule has 0 aromatic heterocycles. The number of hydrogen-bond donors (Lipinski definition) is 0. The number of halogens is 1. The molecule has 4 nitrogen and oxygen atoms in total. The maximum atomic E-state index is 13.2. The molecule has 1 aliphatic carbocycles. The van der Waals surface area contributed by atoms with Crippen LogP contribution in [0.2, 0.25) is 0 Å². The predicted molar refractivity (Wildman–Crippen MR) is 107 cm³/mol. The standard InChI is InChI=1S/C23H28FNO3/c1-26-21-13-17(14-22(27-2)23(21)28-3)20-5-4-10-25(20)19-11-16(12-19)15-6-8-18(24)9-7-15/h6-9,13-14,16,19-20H,4-5,10-12H2,1-3H3. The van der Waals surface area contributed by atoms with Crippen LogP contribution >= 0.6 is 0 Å². The van der Waals surface area contributed by atoms with E-state index < -0.39 is 0 Å². The highest BCUT2D eigenvalue weighted by molar-refractivity contribution is 5.54. The first kappa shape index (κ1) is 19.1. The van der Waals surface area contributed by atoms with E-state index >= 15 is 0 Å². The van der Waals surface area contributed by atoms with Crippen molar-refractivity contribution in [2.24, 2.45) is 0 Å². The zero-order valence-electron chi connectivity index (χ0n) is 16.8. The Morgan fingerprint density at radius 3 is 2.11 bits per heavy atom. The van der Waals surface area contributed by atoms with E-state index in [-0.39, 0.29) is 5.82 Å². The number of rotatable bonds is 6. The Labute approximate surface area is 166 Å². The second-order valence-corrected chi connectivity index (χ2v) is 7.73. The van der Waals surface area contributed by atoms with Crippen LogP contribution in [0.15, 0.2) is 36.4 Å². The summed E-state index contributed by atoms with van der Waals surface area (Å²) in [6.07, 6.45) is 4.59. The Hall–Kier alpha value is -2.27. The molecule has 0 radical (unpaired) electrons. The van der Waals surface area contributed by atoms with Gasteiger partial charge in [-0.1, -0.05) is 12.1 Å². The van der Waals surface area contributed by atoms with Crippen LogP contribution in [-0.2, 0) is 0 Å². The van der Waals surface area contributed by atoms with E-state index in [1.807, 2.05) is 12.1 Å². The summed E-state index contributed by atoms with van der Waals surface area (Å²) in [6.45, 7) is 1.11. The summed E-state index contributed by atoms with van der Waals surface area (Å²) in [5, 5.41) is 0. The quantitative estimate of drug-likeness (QED) is 0.705. The molecule has 150 valence electrons. The predicted octanol–water partition coefficient (Wildman–Crippen LogP) is 4.93. The third-order valence-electron chi connectivity index (χ3n) is 6.29. The summed E-state index contributed by atoms with van der Waals surface area (Å²) in [4.78, 5) is 2.63. The van der Waals surface area contributed by atoms with E-state index in [9.17, 15) is 4.39 Å². The number of benzene rings is 2. The zero-order valence-corrected chi connectivity index (χ0v) is 16.8. The molecular formula is C23H28FNO3. The van der Waals surface area contributed by atoms with Gasteiger partial charge in [-0.3, -0.25) is 4.90 Å². The molecular weight excluding hydrogens is 357 g/mol. The SMILES string of the molecule is COc1cc(C2CCCN2C2CC(c3ccc(F)cc3)C2)cc(OC)c1OC. The Bertz CT molecular complexity index is 792. The van der Waals surface area contributed by atoms with Crippen molar-refractivity contribution in [3.63, 3.8) is 0 Å². The van der Waals surface area contributed by atoms with Crippen molar-refractivity contribution in [3.8, 4) is 17.2 Å². The largest absolute Gasteiger partial charge is 0.493 e. The molecule has 1 heterocycles. The molecule has 1 aliphatic heterocycles. The van der Waals surface area contributed by atoms with Gasteiger partial charge in [0.25, 0.3) is 0 Å². The Balaban J connectivity index is 1.51. The topological polar surface area (TPSA) is 30.9 Å². The van der Waals surface area contributed by atoms with Crippen LogP contribution in [0.5, 0.6) is 17.2 Å². The van der Waals surface area contributed by atoms with Crippen LogP contribution in [0.1, 0.15) is 48.8 Å². The van der Waals surface area contributed by atoms with E-state index in [0.29, 0.717) is 35.3 Å². The van der Waals surface area contributed by atoms with Gasteiger partial charge in [-0.15, -0.1) is 0 Å². The van der Waals surface area contributed by atoms with Crippen molar-refractivity contribution in [2.75, 3.05) is 27.9 Å². The van der Waals surface area contributed by atoms with Crippen LogP contribution in [0, 0.1) is 5.82 Å². The number of methoxy groups -OCH3 is 3. The zero-order chi connectivity index (χ0) is 19.7. The highest BCUT2D eigenvalue weighted by atomic mass is 19.1. The Morgan fingerprint density at radius 1 is 0.893 bits per heavy atom. The third kappa shape index (κ3) is 3.44. The van der Waals surface area contributed by atoms with Crippen LogP contribution in [0.25, 0.3) is 0 Å². The van der Waals surface area contributed by atoms with Gasteiger partial charge in [-0.25, -0.2) is 4.39 Å². The van der Waals surface area contributed by atoms with Crippen LogP contribution < -0.4 is 14.2 Å². The molecule has 0 N–H and O–H groups in total. The van der Waals surface area contributed by atoms with Gasteiger partial charge < -0.3 is 14.2 Å². The monoisotopic (exact) mass is 385 g/mol. The molecule has 1 unspecified atom stereocenters. The fourth-order valence-electron chi connectivity index (χ4n) is 4.74. The van der Waals surface area contributed by atoms with Crippen LogP contribution in [0.3, 0.4) is 0 Å². The summed E-state index contributed by atoms with van der Waals surface area (Å²) in [7, 11) is 4.95. The highest BCUT2D eigenvalue weighted by Crippen LogP contribution is 2.48. The molecule has 0 spiro atoms. The summed E-state index contributed by atoms with van der Waals surface area (Å²) in [5.74, 6) is 2.43. The fraction of sp³-hybridized carbons (Fsp3) is 0.478. The van der Waals surface area contributed by atoms with Crippen LogP contribution in [0.4, 0.5) is 4.39 Å². The Morgan fingerprint density at radius 2 is 1.54 bits per heavy atom. The number of likely N-dealkylation sites (tertiary alicyclic amines) is 1. The summed E-state index contributed by atoms with van der Waals surface area (Å²) >= 11 is 0. The first-order valence-electron chi connectivity index (χ1n) is 9.95. The van der Waals surface area contributed by atoms with Crippen molar-refractivity contribution < 1.29 is 18.6 Å². The van der Waals surface area contributed by atoms with Gasteiger partial charge in [0.05, 0.1) is 21.3 Å². The van der Waals surface area contributed by atoms with E-state index in [1.54, 1.807) is 33.5 Å². The molecule has 1 saturated heterocycles. The molecule has 1 atom stereocenters. The smallest absolute Gasteiger partial charge is 0.203 e. The normalized spacial score (nSPS) is 24.6. The maximum Gasteiger partial charge on any atom is 0.203 e. The molecule has 2 fully saturated rings. The third-order valence-corrected chi connectivity index (χ3v) is 6.29. The van der Waals surface area contributed by atoms with E-state index in [2.05, 4.69) is 17.0 Å². The molecule has 2 aliphatic rings. The van der Waals surface area contributed by atoms with Crippen molar-refractivity contribution in [1.82, 2.24) is 4.90 Å². The average molecular weight is 385 g/mol. The van der Waals surface area contributed by atoms with Crippen molar-refractivity contribution in [3.05, 3.63) is 53.3 Å². The van der Waals surface area contributed by atoms with Gasteiger partial charge in [0.1, 0.15) is 5.82 Å². The van der Waals surface area contributed by atoms with Gasteiger partial charge in [-0.05, 0) is 73.5 Å². The fourth-order valence-corrected chi connectivity index (χ4v) is 4.74. The molecule has 2 aromatic rings. The van der Waals surface area contributed by atoms with Crippen molar-refractivity contribution >= 4 is 0 Å². The number of hydrogen-bond acceptors (Lipinski definition) is 4. The van der Waals surface area contributed by atoms with Crippen molar-refractivity contribution in [2.45, 2.75) is 43.7 Å². The lowest BCUT2D eigenvalue weighted by molar-refractivity contribution is 0.0959. The van der Waals surface area contributed by atoms with Gasteiger partial charge in [0.15, 0.2) is 11.5 Å². The van der Waals surface area contributed by atoms with Gasteiger partial charge in [0.2, 0.25) is 5.75 Å².